The highest BCUT2D eigenvalue weighted by Crippen LogP contribution is 2.35. The molecule has 1 saturated carbocycles. The molecule has 0 spiro atoms. The molecule has 2 atom stereocenters. The van der Waals surface area contributed by atoms with Gasteiger partial charge in [-0.3, -0.25) is 4.68 Å². The van der Waals surface area contributed by atoms with E-state index in [1.165, 1.54) is 37.8 Å². The van der Waals surface area contributed by atoms with Crippen molar-refractivity contribution < 1.29 is 0 Å². The maximum Gasteiger partial charge on any atom is 0.0820 e. The number of rotatable bonds is 3. The molecule has 4 heteroatoms. The molecule has 1 aliphatic rings. The van der Waals surface area contributed by atoms with Crippen LogP contribution in [0.5, 0.6) is 0 Å². The Kier molecular flexibility index (Phi) is 4.46. The van der Waals surface area contributed by atoms with Crippen molar-refractivity contribution >= 4 is 11.6 Å². The first kappa shape index (κ1) is 12.9. The highest BCUT2D eigenvalue weighted by Gasteiger charge is 2.25. The van der Waals surface area contributed by atoms with Gasteiger partial charge in [0.15, 0.2) is 0 Å². The van der Waals surface area contributed by atoms with Gasteiger partial charge in [-0.15, -0.1) is 0 Å². The normalized spacial score (nSPS) is 25.8. The summed E-state index contributed by atoms with van der Waals surface area (Å²) in [6.45, 7) is 3.03. The van der Waals surface area contributed by atoms with Crippen molar-refractivity contribution in [3.8, 4) is 0 Å². The zero-order chi connectivity index (χ0) is 12.3. The lowest BCUT2D eigenvalue weighted by Crippen LogP contribution is -2.26. The minimum absolute atomic E-state index is 0.560. The van der Waals surface area contributed by atoms with E-state index in [-0.39, 0.29) is 0 Å². The molecule has 0 bridgehead atoms. The van der Waals surface area contributed by atoms with E-state index in [4.69, 9.17) is 11.6 Å². The Morgan fingerprint density at radius 2 is 2.24 bits per heavy atom. The van der Waals surface area contributed by atoms with E-state index in [9.17, 15) is 0 Å². The highest BCUT2D eigenvalue weighted by molar-refractivity contribution is 6.31. The molecule has 1 heterocycles. The Morgan fingerprint density at radius 3 is 2.94 bits per heavy atom. The summed E-state index contributed by atoms with van der Waals surface area (Å²) in [5.74, 6) is 0.560. The monoisotopic (exact) mass is 255 g/mol. The molecule has 1 fully saturated rings. The summed E-state index contributed by atoms with van der Waals surface area (Å²) in [4.78, 5) is 0. The molecule has 0 aliphatic heterocycles. The second kappa shape index (κ2) is 5.87. The summed E-state index contributed by atoms with van der Waals surface area (Å²) < 4.78 is 2.06. The van der Waals surface area contributed by atoms with Crippen LogP contribution in [0.3, 0.4) is 0 Å². The van der Waals surface area contributed by atoms with Crippen LogP contribution in [-0.4, -0.2) is 22.9 Å². The predicted octanol–water partition coefficient (Wildman–Crippen LogP) is 3.19. The molecule has 2 rings (SSSR count). The molecule has 0 aromatic carbocycles. The molecule has 17 heavy (non-hydrogen) atoms. The number of hydrogen-bond acceptors (Lipinski definition) is 2. The van der Waals surface area contributed by atoms with Gasteiger partial charge in [-0.1, -0.05) is 24.4 Å². The van der Waals surface area contributed by atoms with Gasteiger partial charge in [-0.05, 0) is 33.2 Å². The Bertz CT molecular complexity index is 362. The van der Waals surface area contributed by atoms with Gasteiger partial charge in [0.2, 0.25) is 0 Å². The van der Waals surface area contributed by atoms with Crippen molar-refractivity contribution in [1.29, 1.82) is 0 Å². The molecule has 1 aromatic rings. The minimum atomic E-state index is 0.560. The highest BCUT2D eigenvalue weighted by atomic mass is 35.5. The van der Waals surface area contributed by atoms with Gasteiger partial charge in [-0.25, -0.2) is 0 Å². The first-order valence-electron chi connectivity index (χ1n) is 6.64. The minimum Gasteiger partial charge on any atom is -0.317 e. The lowest BCUT2D eigenvalue weighted by atomic mass is 9.94. The van der Waals surface area contributed by atoms with E-state index in [0.29, 0.717) is 12.0 Å². The maximum atomic E-state index is 6.30. The predicted molar refractivity (Wildman–Crippen MR) is 71.6 cm³/mol. The van der Waals surface area contributed by atoms with Gasteiger partial charge in [0.05, 0.1) is 16.9 Å². The SMILES string of the molecule is CCn1ncc(Cl)c1C1CCCCC(NC)C1. The van der Waals surface area contributed by atoms with Crippen LogP contribution in [0.25, 0.3) is 0 Å². The van der Waals surface area contributed by atoms with Crippen molar-refractivity contribution in [2.24, 2.45) is 0 Å². The molecule has 0 saturated heterocycles. The molecule has 2 unspecified atom stereocenters. The number of halogens is 1. The van der Waals surface area contributed by atoms with Crippen molar-refractivity contribution in [1.82, 2.24) is 15.1 Å². The summed E-state index contributed by atoms with van der Waals surface area (Å²) in [5.41, 5.74) is 1.25. The van der Waals surface area contributed by atoms with Crippen LogP contribution in [0.1, 0.15) is 50.6 Å². The zero-order valence-electron chi connectivity index (χ0n) is 10.7. The molecule has 0 amide bonds. The number of aromatic nitrogens is 2. The smallest absolute Gasteiger partial charge is 0.0820 e. The first-order chi connectivity index (χ1) is 8.26. The third-order valence-corrected chi connectivity index (χ3v) is 4.14. The second-order valence-corrected chi connectivity index (χ2v) is 5.30. The van der Waals surface area contributed by atoms with Crippen LogP contribution in [-0.2, 0) is 6.54 Å². The number of nitrogens with zero attached hydrogens (tertiary/aromatic N) is 2. The average Bonchev–Trinajstić information content (AvgIpc) is 2.58. The van der Waals surface area contributed by atoms with Crippen molar-refractivity contribution in [2.75, 3.05) is 7.05 Å². The first-order valence-corrected chi connectivity index (χ1v) is 7.02. The number of hydrogen-bond donors (Lipinski definition) is 1. The second-order valence-electron chi connectivity index (χ2n) is 4.90. The molecular formula is C13H22ClN3. The summed E-state index contributed by atoms with van der Waals surface area (Å²) in [5, 5.41) is 8.62. The van der Waals surface area contributed by atoms with E-state index >= 15 is 0 Å². The summed E-state index contributed by atoms with van der Waals surface area (Å²) in [7, 11) is 2.06. The van der Waals surface area contributed by atoms with E-state index < -0.39 is 0 Å². The molecule has 1 aliphatic carbocycles. The average molecular weight is 256 g/mol. The zero-order valence-corrected chi connectivity index (χ0v) is 11.5. The standard InChI is InChI=1S/C13H22ClN3/c1-3-17-13(12(14)9-16-17)10-6-4-5-7-11(8-10)15-2/h9-11,15H,3-8H2,1-2H3. The molecule has 1 N–H and O–H groups in total. The van der Waals surface area contributed by atoms with E-state index in [2.05, 4.69) is 29.1 Å². The van der Waals surface area contributed by atoms with E-state index in [1.54, 1.807) is 6.20 Å². The van der Waals surface area contributed by atoms with Crippen molar-refractivity contribution in [3.05, 3.63) is 16.9 Å². The lowest BCUT2D eigenvalue weighted by molar-refractivity contribution is 0.450. The van der Waals surface area contributed by atoms with Crippen LogP contribution in [0, 0.1) is 0 Å². The molecular weight excluding hydrogens is 234 g/mol. The van der Waals surface area contributed by atoms with Crippen LogP contribution in [0.4, 0.5) is 0 Å². The third-order valence-electron chi connectivity index (χ3n) is 3.85. The van der Waals surface area contributed by atoms with E-state index in [1.807, 2.05) is 0 Å². The topological polar surface area (TPSA) is 29.9 Å². The molecule has 0 radical (unpaired) electrons. The van der Waals surface area contributed by atoms with Crippen molar-refractivity contribution in [3.63, 3.8) is 0 Å². The summed E-state index contributed by atoms with van der Waals surface area (Å²) in [6.07, 6.45) is 8.12. The maximum absolute atomic E-state index is 6.30. The summed E-state index contributed by atoms with van der Waals surface area (Å²) >= 11 is 6.30. The Hall–Kier alpha value is -0.540. The Balaban J connectivity index is 2.21. The van der Waals surface area contributed by atoms with Crippen LogP contribution in [0.15, 0.2) is 6.20 Å². The molecule has 1 aromatic heterocycles. The summed E-state index contributed by atoms with van der Waals surface area (Å²) in [6, 6.07) is 0.624. The fourth-order valence-electron chi connectivity index (χ4n) is 2.90. The lowest BCUT2D eigenvalue weighted by Gasteiger charge is -2.20. The van der Waals surface area contributed by atoms with Gasteiger partial charge in [0.25, 0.3) is 0 Å². The molecule has 3 nitrogen and oxygen atoms in total. The fourth-order valence-corrected chi connectivity index (χ4v) is 3.20. The number of nitrogens with one attached hydrogen (secondary N) is 1. The van der Waals surface area contributed by atoms with E-state index in [0.717, 1.165) is 11.6 Å². The van der Waals surface area contributed by atoms with Crippen LogP contribution < -0.4 is 5.32 Å². The largest absolute Gasteiger partial charge is 0.317 e. The quantitative estimate of drug-likeness (QED) is 0.841. The van der Waals surface area contributed by atoms with Gasteiger partial charge >= 0.3 is 0 Å². The van der Waals surface area contributed by atoms with Gasteiger partial charge < -0.3 is 5.32 Å². The van der Waals surface area contributed by atoms with Crippen LogP contribution in [0.2, 0.25) is 5.02 Å². The fraction of sp³-hybridized carbons (Fsp3) is 0.769. The Morgan fingerprint density at radius 1 is 1.47 bits per heavy atom. The Labute approximate surface area is 109 Å². The third kappa shape index (κ3) is 2.83. The van der Waals surface area contributed by atoms with Gasteiger partial charge in [0.1, 0.15) is 0 Å². The molecule has 96 valence electrons. The van der Waals surface area contributed by atoms with Crippen LogP contribution >= 0.6 is 11.6 Å². The van der Waals surface area contributed by atoms with Gasteiger partial charge in [-0.2, -0.15) is 5.10 Å². The van der Waals surface area contributed by atoms with Crippen molar-refractivity contribution in [2.45, 2.75) is 57.5 Å². The number of aryl methyl sites for hydroxylation is 1. The van der Waals surface area contributed by atoms with Gasteiger partial charge in [0, 0.05) is 18.5 Å².